The van der Waals surface area contributed by atoms with Crippen LogP contribution in [0.1, 0.15) is 61.7 Å². The van der Waals surface area contributed by atoms with Gasteiger partial charge in [0.25, 0.3) is 17.7 Å². The second kappa shape index (κ2) is 18.7. The number of nitrogens with zero attached hydrogens (tertiary/aromatic N) is 2. The summed E-state index contributed by atoms with van der Waals surface area (Å²) in [5, 5.41) is 8.21. The van der Waals surface area contributed by atoms with Gasteiger partial charge in [-0.2, -0.15) is 0 Å². The third kappa shape index (κ3) is 10.7. The van der Waals surface area contributed by atoms with Crippen molar-refractivity contribution in [3.63, 3.8) is 0 Å². The van der Waals surface area contributed by atoms with E-state index in [9.17, 15) is 50.9 Å². The fourth-order valence-corrected chi connectivity index (χ4v) is 8.13. The average Bonchev–Trinajstić information content (AvgIpc) is 3.40. The summed E-state index contributed by atoms with van der Waals surface area (Å²) in [5.74, 6) is -3.50. The van der Waals surface area contributed by atoms with Crippen LogP contribution in [0.3, 0.4) is 0 Å². The first-order valence-electron chi connectivity index (χ1n) is 17.7. The van der Waals surface area contributed by atoms with Crippen LogP contribution >= 0.6 is 19.0 Å². The number of carboxylic acid groups (broad SMARTS) is 1. The van der Waals surface area contributed by atoms with E-state index in [1.807, 2.05) is 0 Å². The Hall–Kier alpha value is -5.05. The predicted octanol–water partition coefficient (Wildman–Crippen LogP) is 3.48. The van der Waals surface area contributed by atoms with Crippen LogP contribution < -0.4 is 20.3 Å². The summed E-state index contributed by atoms with van der Waals surface area (Å²) in [6.07, 6.45) is 9.89. The van der Waals surface area contributed by atoms with Gasteiger partial charge in [0.05, 0.1) is 27.8 Å². The molecule has 3 amide bonds. The molecule has 20 heteroatoms. The summed E-state index contributed by atoms with van der Waals surface area (Å²) in [7, 11) is -6.55. The fraction of sp³-hybridized carbons (Fsp3) is 0.395. The van der Waals surface area contributed by atoms with Gasteiger partial charge < -0.3 is 20.5 Å². The molecule has 1 fully saturated rings. The number of hydrogen-bond donors (Lipinski definition) is 3. The maximum absolute atomic E-state index is 14.7. The van der Waals surface area contributed by atoms with Gasteiger partial charge in [-0.05, 0) is 62.8 Å². The van der Waals surface area contributed by atoms with Gasteiger partial charge in [-0.3, -0.25) is 43.0 Å². The third-order valence-electron chi connectivity index (χ3n) is 9.41. The number of aliphatic carboxylic acids is 1. The van der Waals surface area contributed by atoms with Crippen LogP contribution in [0.5, 0.6) is 5.75 Å². The standard InChI is InChI=1S/C19H15FN2O4.C14H13ClO5S.C5H12NO4P/c1-2-7-21-15-9-14(13(20)8-16(15)26-10-17(21)23)22-18(24)11-5-3-4-6-12(11)19(22)25;1-21(19,20)8-5-6-9(10(15)7-8)14(18)13-11(16)3-2-4-12(13)17;1-11(9,10)3-2-4(6)5(7)8/h1,8-9H,3-7,10H2;5-7,13H,2-4H2,1H3;4H,2-3,6H2,1H3,(H,7,8)(H,9,10). The van der Waals surface area contributed by atoms with Gasteiger partial charge in [0.2, 0.25) is 0 Å². The number of amides is 3. The fourth-order valence-electron chi connectivity index (χ4n) is 6.39. The first-order chi connectivity index (χ1) is 27.1. The highest BCUT2D eigenvalue weighted by Gasteiger charge is 2.42. The van der Waals surface area contributed by atoms with Crippen molar-refractivity contribution in [2.45, 2.75) is 62.3 Å². The molecular weight excluding hydrogens is 824 g/mol. The Morgan fingerprint density at radius 3 is 2.10 bits per heavy atom. The number of terminal acetylenes is 1. The van der Waals surface area contributed by atoms with Gasteiger partial charge in [-0.15, -0.1) is 6.42 Å². The number of ether oxygens (including phenoxy) is 1. The molecule has 0 saturated heterocycles. The Bertz CT molecular complexity index is 2270. The molecule has 4 aliphatic rings. The quantitative estimate of drug-likeness (QED) is 0.107. The van der Waals surface area contributed by atoms with Crippen molar-refractivity contribution in [2.75, 3.05) is 42.0 Å². The van der Waals surface area contributed by atoms with E-state index in [4.69, 9.17) is 38.5 Å². The van der Waals surface area contributed by atoms with E-state index < -0.39 is 70.1 Å². The van der Waals surface area contributed by atoms with E-state index in [0.29, 0.717) is 30.4 Å². The Morgan fingerprint density at radius 2 is 1.60 bits per heavy atom. The van der Waals surface area contributed by atoms with E-state index in [-0.39, 0.29) is 77.1 Å². The van der Waals surface area contributed by atoms with Crippen LogP contribution in [0, 0.1) is 24.1 Å². The molecule has 2 aromatic carbocycles. The summed E-state index contributed by atoms with van der Waals surface area (Å²) in [5.41, 5.74) is 6.08. The zero-order chi connectivity index (χ0) is 43.3. The van der Waals surface area contributed by atoms with E-state index in [2.05, 4.69) is 5.92 Å². The van der Waals surface area contributed by atoms with Crippen LogP contribution in [-0.2, 0) is 43.2 Å². The van der Waals surface area contributed by atoms with Crippen molar-refractivity contribution in [1.29, 1.82) is 0 Å². The molecule has 2 heterocycles. The molecule has 2 aliphatic carbocycles. The van der Waals surface area contributed by atoms with Crippen molar-refractivity contribution in [2.24, 2.45) is 11.7 Å². The number of fused-ring (bicyclic) bond motifs is 1. The largest absolute Gasteiger partial charge is 0.481 e. The van der Waals surface area contributed by atoms with Crippen molar-refractivity contribution in [1.82, 2.24) is 0 Å². The first-order valence-corrected chi connectivity index (χ1v) is 22.3. The van der Waals surface area contributed by atoms with Crippen molar-refractivity contribution < 1.29 is 65.7 Å². The Balaban J connectivity index is 0.000000209. The monoisotopic (exact) mass is 863 g/mol. The van der Waals surface area contributed by atoms with Crippen molar-refractivity contribution in [3.8, 4) is 18.1 Å². The zero-order valence-electron chi connectivity index (χ0n) is 31.4. The maximum atomic E-state index is 14.7. The van der Waals surface area contributed by atoms with Gasteiger partial charge >= 0.3 is 5.97 Å². The smallest absolute Gasteiger partial charge is 0.320 e. The van der Waals surface area contributed by atoms with E-state index >= 15 is 0 Å². The molecule has 58 heavy (non-hydrogen) atoms. The normalized spacial score (nSPS) is 18.4. The molecule has 16 nitrogen and oxygen atoms in total. The molecule has 0 radical (unpaired) electrons. The van der Waals surface area contributed by atoms with Crippen LogP contribution in [0.2, 0.25) is 5.02 Å². The Kier molecular flexibility index (Phi) is 14.7. The van der Waals surface area contributed by atoms with Crippen LogP contribution in [0.15, 0.2) is 46.4 Å². The van der Waals surface area contributed by atoms with Gasteiger partial charge in [0.15, 0.2) is 47.0 Å². The topological polar surface area (TPSA) is 253 Å². The lowest BCUT2D eigenvalue weighted by Crippen LogP contribution is -2.39. The number of benzene rings is 2. The molecule has 1 saturated carbocycles. The van der Waals surface area contributed by atoms with Gasteiger partial charge in [0, 0.05) is 54.7 Å². The Morgan fingerprint density at radius 1 is 1.02 bits per heavy atom. The van der Waals surface area contributed by atoms with Crippen molar-refractivity contribution in [3.05, 3.63) is 57.9 Å². The number of sulfone groups is 1. The number of rotatable bonds is 9. The number of carbonyl (C=O) groups excluding carboxylic acids is 6. The molecular formula is C38H40ClFN3O13PS. The summed E-state index contributed by atoms with van der Waals surface area (Å²) >= 11 is 5.94. The van der Waals surface area contributed by atoms with Crippen LogP contribution in [0.4, 0.5) is 15.8 Å². The lowest BCUT2D eigenvalue weighted by Gasteiger charge is -2.29. The molecule has 2 aromatic rings. The number of anilines is 2. The lowest BCUT2D eigenvalue weighted by atomic mass is 9.82. The van der Waals surface area contributed by atoms with E-state index in [1.165, 1.54) is 29.8 Å². The number of nitrogens with two attached hydrogens (primary N) is 1. The highest BCUT2D eigenvalue weighted by molar-refractivity contribution is 7.90. The number of carboxylic acids is 1. The highest BCUT2D eigenvalue weighted by Crippen LogP contribution is 2.42. The number of imide groups is 1. The molecule has 0 spiro atoms. The molecule has 0 aromatic heterocycles. The molecule has 2 aliphatic heterocycles. The van der Waals surface area contributed by atoms with Crippen LogP contribution in [0.25, 0.3) is 0 Å². The van der Waals surface area contributed by atoms with Gasteiger partial charge in [-0.1, -0.05) is 17.5 Å². The maximum Gasteiger partial charge on any atom is 0.320 e. The van der Waals surface area contributed by atoms with E-state index in [0.717, 1.165) is 36.1 Å². The van der Waals surface area contributed by atoms with Gasteiger partial charge in [0.1, 0.15) is 17.7 Å². The number of Topliss-reactive ketones (excluding diaryl/α,β-unsaturated/α-hetero) is 3. The third-order valence-corrected chi connectivity index (χ3v) is 11.9. The van der Waals surface area contributed by atoms with E-state index in [1.54, 1.807) is 0 Å². The number of halogens is 2. The first kappa shape index (κ1) is 45.6. The van der Waals surface area contributed by atoms with Gasteiger partial charge in [-0.25, -0.2) is 17.7 Å². The molecule has 2 unspecified atom stereocenters. The Labute approximate surface area is 337 Å². The minimum absolute atomic E-state index is 0.00216. The molecule has 310 valence electrons. The lowest BCUT2D eigenvalue weighted by molar-refractivity contribution is -0.138. The zero-order valence-corrected chi connectivity index (χ0v) is 33.8. The number of hydrogen-bond acceptors (Lipinski definition) is 12. The number of ketones is 3. The van der Waals surface area contributed by atoms with Crippen molar-refractivity contribution >= 4 is 81.2 Å². The molecule has 2 atom stereocenters. The predicted molar refractivity (Wildman–Crippen MR) is 208 cm³/mol. The second-order valence-electron chi connectivity index (χ2n) is 13.9. The SMILES string of the molecule is C#CCN1C(=O)COc2cc(F)c(N3C(=O)C4=C(CCCC4)C3=O)cc21.CP(=O)(O)CCC(N)C(=O)O.CS(=O)(=O)c1ccc(C(=O)C2C(=O)CCCC2=O)c(Cl)c1. The summed E-state index contributed by atoms with van der Waals surface area (Å²) in [6.45, 7) is 0.920. The summed E-state index contributed by atoms with van der Waals surface area (Å²) in [4.78, 5) is 94.3. The summed E-state index contributed by atoms with van der Waals surface area (Å²) in [6, 6.07) is 4.98. The molecule has 6 rings (SSSR count). The highest BCUT2D eigenvalue weighted by atomic mass is 35.5. The van der Waals surface area contributed by atoms with Crippen LogP contribution in [-0.4, -0.2) is 97.7 Å². The molecule has 0 bridgehead atoms. The minimum atomic E-state index is -3.44. The average molecular weight is 864 g/mol. The summed E-state index contributed by atoms with van der Waals surface area (Å²) < 4.78 is 53.4. The number of carbonyl (C=O) groups is 7. The second-order valence-corrected chi connectivity index (χ2v) is 18.8. The molecule has 4 N–H and O–H groups in total. The minimum Gasteiger partial charge on any atom is -0.481 e.